The van der Waals surface area contributed by atoms with Crippen LogP contribution < -0.4 is 4.74 Å². The standard InChI is InChI=1S/C17H20O2/c1-3-7-17-8-6-13(18)10-16(17)15-5-4-14(19-2)9-12(15)11-17/h4-5,9-10H,3,6-8,11H2,1-2H3. The van der Waals surface area contributed by atoms with Crippen molar-refractivity contribution < 1.29 is 9.53 Å². The molecular weight excluding hydrogens is 236 g/mol. The third-order valence-electron chi connectivity index (χ3n) is 4.59. The molecule has 0 radical (unpaired) electrons. The molecule has 3 rings (SSSR count). The maximum Gasteiger partial charge on any atom is 0.156 e. The van der Waals surface area contributed by atoms with Gasteiger partial charge in [0.05, 0.1) is 7.11 Å². The lowest BCUT2D eigenvalue weighted by Crippen LogP contribution is -2.25. The van der Waals surface area contributed by atoms with Crippen molar-refractivity contribution in [3.63, 3.8) is 0 Å². The Bertz CT molecular complexity index is 556. The molecular formula is C17H20O2. The van der Waals surface area contributed by atoms with Crippen LogP contribution in [0.3, 0.4) is 0 Å². The Labute approximate surface area is 114 Å². The number of hydrogen-bond acceptors (Lipinski definition) is 2. The number of rotatable bonds is 3. The Kier molecular flexibility index (Phi) is 2.96. The molecule has 0 spiro atoms. The molecule has 0 fully saturated rings. The van der Waals surface area contributed by atoms with Crippen LogP contribution in [-0.4, -0.2) is 12.9 Å². The molecule has 100 valence electrons. The van der Waals surface area contributed by atoms with E-state index in [1.807, 2.05) is 12.1 Å². The maximum atomic E-state index is 11.8. The highest BCUT2D eigenvalue weighted by Gasteiger charge is 2.43. The number of carbonyl (C=O) groups is 1. The smallest absolute Gasteiger partial charge is 0.156 e. The van der Waals surface area contributed by atoms with E-state index < -0.39 is 0 Å². The van der Waals surface area contributed by atoms with Crippen LogP contribution >= 0.6 is 0 Å². The number of methoxy groups -OCH3 is 1. The lowest BCUT2D eigenvalue weighted by atomic mass is 9.70. The number of carbonyl (C=O) groups excluding carboxylic acids is 1. The summed E-state index contributed by atoms with van der Waals surface area (Å²) in [5.41, 5.74) is 4.09. The molecule has 2 nitrogen and oxygen atoms in total. The molecule has 0 amide bonds. The van der Waals surface area contributed by atoms with Gasteiger partial charge in [-0.25, -0.2) is 0 Å². The molecule has 19 heavy (non-hydrogen) atoms. The predicted octanol–water partition coefficient (Wildman–Crippen LogP) is 3.78. The fourth-order valence-electron chi connectivity index (χ4n) is 3.73. The fraction of sp³-hybridized carbons (Fsp3) is 0.471. The van der Waals surface area contributed by atoms with Crippen LogP contribution in [0.5, 0.6) is 5.75 Å². The number of hydrogen-bond donors (Lipinski definition) is 0. The van der Waals surface area contributed by atoms with Crippen LogP contribution in [0.4, 0.5) is 0 Å². The Balaban J connectivity index is 2.10. The molecule has 1 aromatic carbocycles. The Morgan fingerprint density at radius 3 is 2.95 bits per heavy atom. The van der Waals surface area contributed by atoms with E-state index in [-0.39, 0.29) is 11.2 Å². The molecule has 0 bridgehead atoms. The largest absolute Gasteiger partial charge is 0.497 e. The minimum atomic E-state index is 0.206. The van der Waals surface area contributed by atoms with Crippen molar-refractivity contribution in [2.24, 2.45) is 5.41 Å². The Hall–Kier alpha value is -1.57. The summed E-state index contributed by atoms with van der Waals surface area (Å²) in [6.07, 6.45) is 7.00. The normalized spacial score (nSPS) is 24.7. The summed E-state index contributed by atoms with van der Waals surface area (Å²) in [4.78, 5) is 11.8. The summed E-state index contributed by atoms with van der Waals surface area (Å²) in [7, 11) is 1.70. The lowest BCUT2D eigenvalue weighted by molar-refractivity contribution is -0.115. The zero-order chi connectivity index (χ0) is 13.5. The summed E-state index contributed by atoms with van der Waals surface area (Å²) >= 11 is 0. The van der Waals surface area contributed by atoms with Gasteiger partial charge in [-0.1, -0.05) is 19.4 Å². The Morgan fingerprint density at radius 1 is 1.37 bits per heavy atom. The maximum absolute atomic E-state index is 11.8. The molecule has 1 unspecified atom stereocenters. The quantitative estimate of drug-likeness (QED) is 0.822. The van der Waals surface area contributed by atoms with Gasteiger partial charge in [-0.3, -0.25) is 4.79 Å². The lowest BCUT2D eigenvalue weighted by Gasteiger charge is -2.33. The summed E-state index contributed by atoms with van der Waals surface area (Å²) in [6.45, 7) is 2.23. The number of ether oxygens (including phenoxy) is 1. The van der Waals surface area contributed by atoms with E-state index >= 15 is 0 Å². The molecule has 0 saturated carbocycles. The van der Waals surface area contributed by atoms with E-state index in [4.69, 9.17) is 4.74 Å². The molecule has 2 aliphatic carbocycles. The van der Waals surface area contributed by atoms with Gasteiger partial charge in [-0.2, -0.15) is 0 Å². The van der Waals surface area contributed by atoms with Gasteiger partial charge in [-0.05, 0) is 54.2 Å². The summed E-state index contributed by atoms with van der Waals surface area (Å²) in [5, 5.41) is 0. The Morgan fingerprint density at radius 2 is 2.21 bits per heavy atom. The van der Waals surface area contributed by atoms with Crippen LogP contribution in [0.2, 0.25) is 0 Å². The second kappa shape index (κ2) is 4.52. The van der Waals surface area contributed by atoms with Crippen molar-refractivity contribution in [2.75, 3.05) is 7.11 Å². The van der Waals surface area contributed by atoms with Crippen LogP contribution in [0.25, 0.3) is 5.57 Å². The summed E-state index contributed by atoms with van der Waals surface area (Å²) in [6, 6.07) is 6.26. The van der Waals surface area contributed by atoms with Crippen molar-refractivity contribution in [2.45, 2.75) is 39.0 Å². The van der Waals surface area contributed by atoms with Crippen LogP contribution in [-0.2, 0) is 11.2 Å². The van der Waals surface area contributed by atoms with E-state index in [9.17, 15) is 4.79 Å². The number of fused-ring (bicyclic) bond motifs is 3. The molecule has 0 heterocycles. The highest BCUT2D eigenvalue weighted by Crippen LogP contribution is 2.54. The van der Waals surface area contributed by atoms with Gasteiger partial charge >= 0.3 is 0 Å². The van der Waals surface area contributed by atoms with Crippen molar-refractivity contribution in [3.05, 3.63) is 35.4 Å². The van der Waals surface area contributed by atoms with Gasteiger partial charge < -0.3 is 4.74 Å². The highest BCUT2D eigenvalue weighted by atomic mass is 16.5. The van der Waals surface area contributed by atoms with E-state index in [2.05, 4.69) is 19.1 Å². The minimum Gasteiger partial charge on any atom is -0.497 e. The second-order valence-electron chi connectivity index (χ2n) is 5.75. The van der Waals surface area contributed by atoms with Crippen molar-refractivity contribution in [1.29, 1.82) is 0 Å². The second-order valence-corrected chi connectivity index (χ2v) is 5.75. The van der Waals surface area contributed by atoms with Gasteiger partial charge in [0.1, 0.15) is 5.75 Å². The highest BCUT2D eigenvalue weighted by molar-refractivity contribution is 6.01. The first-order valence-corrected chi connectivity index (χ1v) is 7.11. The van der Waals surface area contributed by atoms with E-state index in [0.29, 0.717) is 6.42 Å². The predicted molar refractivity (Wildman–Crippen MR) is 76.3 cm³/mol. The third-order valence-corrected chi connectivity index (χ3v) is 4.59. The summed E-state index contributed by atoms with van der Waals surface area (Å²) < 4.78 is 5.32. The molecule has 0 saturated heterocycles. The van der Waals surface area contributed by atoms with E-state index in [1.54, 1.807) is 7.11 Å². The third kappa shape index (κ3) is 1.90. The van der Waals surface area contributed by atoms with Gasteiger partial charge in [0.2, 0.25) is 0 Å². The number of benzene rings is 1. The van der Waals surface area contributed by atoms with Gasteiger partial charge in [-0.15, -0.1) is 0 Å². The minimum absolute atomic E-state index is 0.206. The topological polar surface area (TPSA) is 26.3 Å². The molecule has 0 N–H and O–H groups in total. The van der Waals surface area contributed by atoms with Gasteiger partial charge in [0, 0.05) is 11.8 Å². The molecule has 1 atom stereocenters. The first-order chi connectivity index (χ1) is 9.18. The number of allylic oxidation sites excluding steroid dienone is 2. The molecule has 2 heteroatoms. The first kappa shape index (κ1) is 12.5. The molecule has 0 aliphatic heterocycles. The van der Waals surface area contributed by atoms with E-state index in [1.165, 1.54) is 23.1 Å². The summed E-state index contributed by atoms with van der Waals surface area (Å²) in [5.74, 6) is 1.20. The van der Waals surface area contributed by atoms with Gasteiger partial charge in [0.15, 0.2) is 5.78 Å². The van der Waals surface area contributed by atoms with Crippen molar-refractivity contribution in [1.82, 2.24) is 0 Å². The molecule has 0 aromatic heterocycles. The monoisotopic (exact) mass is 256 g/mol. The van der Waals surface area contributed by atoms with Crippen LogP contribution in [0.15, 0.2) is 24.3 Å². The molecule has 1 aromatic rings. The van der Waals surface area contributed by atoms with Crippen LogP contribution in [0.1, 0.15) is 43.7 Å². The van der Waals surface area contributed by atoms with Crippen molar-refractivity contribution in [3.8, 4) is 5.75 Å². The average Bonchev–Trinajstić information content (AvgIpc) is 2.72. The van der Waals surface area contributed by atoms with Gasteiger partial charge in [0.25, 0.3) is 0 Å². The fourth-order valence-corrected chi connectivity index (χ4v) is 3.73. The molecule has 2 aliphatic rings. The van der Waals surface area contributed by atoms with Crippen LogP contribution in [0, 0.1) is 5.41 Å². The van der Waals surface area contributed by atoms with Crippen molar-refractivity contribution >= 4 is 11.4 Å². The average molecular weight is 256 g/mol. The number of ketones is 1. The van der Waals surface area contributed by atoms with E-state index in [0.717, 1.165) is 25.0 Å². The SMILES string of the molecule is CCCC12CCC(=O)C=C1c1ccc(OC)cc1C2. The zero-order valence-electron chi connectivity index (χ0n) is 11.7. The first-order valence-electron chi connectivity index (χ1n) is 7.11. The zero-order valence-corrected chi connectivity index (χ0v) is 11.7.